The fraction of sp³-hybridized carbons (Fsp3) is 0.429. The Balaban J connectivity index is 2.70. The van der Waals surface area contributed by atoms with Crippen molar-refractivity contribution in [1.82, 2.24) is 4.90 Å². The molecule has 0 radical (unpaired) electrons. The van der Waals surface area contributed by atoms with Gasteiger partial charge in [-0.3, -0.25) is 9.69 Å². The average molecular weight is 246 g/mol. The van der Waals surface area contributed by atoms with Crippen LogP contribution in [0.15, 0.2) is 18.2 Å². The smallest absolute Gasteiger partial charge is 0.304 e. The van der Waals surface area contributed by atoms with Crippen molar-refractivity contribution in [3.05, 3.63) is 34.9 Å². The first-order valence-electron chi connectivity index (χ1n) is 6.00. The van der Waals surface area contributed by atoms with Crippen LogP contribution in [-0.2, 0) is 11.3 Å². The highest BCUT2D eigenvalue weighted by molar-refractivity contribution is 5.66. The summed E-state index contributed by atoms with van der Waals surface area (Å²) in [6.45, 7) is 6.07. The molecule has 0 spiro atoms. The summed E-state index contributed by atoms with van der Waals surface area (Å²) in [6, 6.07) is 7.71. The van der Waals surface area contributed by atoms with Gasteiger partial charge in [0.05, 0.1) is 18.1 Å². The van der Waals surface area contributed by atoms with Crippen LogP contribution < -0.4 is 0 Å². The summed E-state index contributed by atoms with van der Waals surface area (Å²) < 4.78 is 0. The van der Waals surface area contributed by atoms with Crippen LogP contribution in [-0.4, -0.2) is 29.1 Å². The molecule has 1 rings (SSSR count). The van der Waals surface area contributed by atoms with Crippen LogP contribution in [0.2, 0.25) is 0 Å². The Hall–Kier alpha value is -1.86. The van der Waals surface area contributed by atoms with E-state index in [1.165, 1.54) is 0 Å². The van der Waals surface area contributed by atoms with Gasteiger partial charge in [-0.15, -0.1) is 0 Å². The summed E-state index contributed by atoms with van der Waals surface area (Å²) in [6.07, 6.45) is 0.156. The van der Waals surface area contributed by atoms with Crippen LogP contribution in [0.4, 0.5) is 0 Å². The number of hydrogen-bond acceptors (Lipinski definition) is 3. The number of nitriles is 1. The highest BCUT2D eigenvalue weighted by atomic mass is 16.4. The van der Waals surface area contributed by atoms with Gasteiger partial charge in [0, 0.05) is 13.1 Å². The molecule has 4 heteroatoms. The number of rotatable bonds is 6. The molecule has 0 aliphatic rings. The second kappa shape index (κ2) is 6.77. The number of nitrogens with zero attached hydrogens (tertiary/aromatic N) is 2. The molecule has 18 heavy (non-hydrogen) atoms. The van der Waals surface area contributed by atoms with E-state index in [4.69, 9.17) is 10.4 Å². The molecule has 0 saturated carbocycles. The van der Waals surface area contributed by atoms with E-state index in [1.54, 1.807) is 6.07 Å². The first-order valence-corrected chi connectivity index (χ1v) is 6.00. The molecule has 0 aromatic heterocycles. The van der Waals surface area contributed by atoms with Crippen molar-refractivity contribution >= 4 is 5.97 Å². The van der Waals surface area contributed by atoms with E-state index in [1.807, 2.05) is 26.0 Å². The molecule has 0 saturated heterocycles. The first-order chi connectivity index (χ1) is 8.56. The molecular formula is C14H18N2O2. The summed E-state index contributed by atoms with van der Waals surface area (Å²) >= 11 is 0. The zero-order chi connectivity index (χ0) is 13.5. The number of carbonyl (C=O) groups is 1. The molecule has 0 aliphatic heterocycles. The van der Waals surface area contributed by atoms with E-state index in [0.717, 1.165) is 24.2 Å². The van der Waals surface area contributed by atoms with Crippen LogP contribution in [0.5, 0.6) is 0 Å². The van der Waals surface area contributed by atoms with Gasteiger partial charge < -0.3 is 5.11 Å². The highest BCUT2D eigenvalue weighted by Gasteiger charge is 2.08. The summed E-state index contributed by atoms with van der Waals surface area (Å²) in [5, 5.41) is 17.5. The molecule has 1 aromatic carbocycles. The topological polar surface area (TPSA) is 64.3 Å². The highest BCUT2D eigenvalue weighted by Crippen LogP contribution is 2.13. The predicted molar refractivity (Wildman–Crippen MR) is 69.1 cm³/mol. The Morgan fingerprint density at radius 1 is 1.50 bits per heavy atom. The van der Waals surface area contributed by atoms with Crippen molar-refractivity contribution in [2.45, 2.75) is 26.8 Å². The Morgan fingerprint density at radius 2 is 2.22 bits per heavy atom. The van der Waals surface area contributed by atoms with E-state index < -0.39 is 5.97 Å². The lowest BCUT2D eigenvalue weighted by Crippen LogP contribution is -2.26. The number of carboxylic acid groups (broad SMARTS) is 1. The third kappa shape index (κ3) is 4.19. The monoisotopic (exact) mass is 246 g/mol. The zero-order valence-electron chi connectivity index (χ0n) is 10.8. The van der Waals surface area contributed by atoms with Crippen LogP contribution >= 0.6 is 0 Å². The standard InChI is InChI=1S/C14H18N2O2/c1-3-16(7-6-14(17)18)10-13-5-4-12(9-15)8-11(13)2/h4-5,8H,3,6-7,10H2,1-2H3,(H,17,18). The lowest BCUT2D eigenvalue weighted by Gasteiger charge is -2.20. The van der Waals surface area contributed by atoms with Gasteiger partial charge >= 0.3 is 5.97 Å². The van der Waals surface area contributed by atoms with Gasteiger partial charge in [-0.25, -0.2) is 0 Å². The molecule has 96 valence electrons. The van der Waals surface area contributed by atoms with Gasteiger partial charge in [-0.1, -0.05) is 13.0 Å². The molecule has 4 nitrogen and oxygen atoms in total. The van der Waals surface area contributed by atoms with Gasteiger partial charge in [0.25, 0.3) is 0 Å². The molecule has 1 N–H and O–H groups in total. The largest absolute Gasteiger partial charge is 0.481 e. The van der Waals surface area contributed by atoms with E-state index in [9.17, 15) is 4.79 Å². The summed E-state index contributed by atoms with van der Waals surface area (Å²) in [4.78, 5) is 12.6. The van der Waals surface area contributed by atoms with Crippen LogP contribution in [0.25, 0.3) is 0 Å². The first kappa shape index (κ1) is 14.2. The van der Waals surface area contributed by atoms with Crippen LogP contribution in [0.1, 0.15) is 30.0 Å². The van der Waals surface area contributed by atoms with Gasteiger partial charge in [0.2, 0.25) is 0 Å². The number of benzene rings is 1. The summed E-state index contributed by atoms with van der Waals surface area (Å²) in [5.74, 6) is -0.773. The van der Waals surface area contributed by atoms with Crippen LogP contribution in [0, 0.1) is 18.3 Å². The average Bonchev–Trinajstić information content (AvgIpc) is 2.35. The van der Waals surface area contributed by atoms with Gasteiger partial charge in [-0.05, 0) is 36.7 Å². The quantitative estimate of drug-likeness (QED) is 0.835. The molecule has 0 bridgehead atoms. The minimum atomic E-state index is -0.773. The second-order valence-electron chi connectivity index (χ2n) is 4.27. The predicted octanol–water partition coefficient (Wildman–Crippen LogP) is 2.16. The SMILES string of the molecule is CCN(CCC(=O)O)Cc1ccc(C#N)cc1C. The molecule has 0 amide bonds. The molecule has 0 fully saturated rings. The Labute approximate surface area is 107 Å². The van der Waals surface area contributed by atoms with Crippen LogP contribution in [0.3, 0.4) is 0 Å². The van der Waals surface area contributed by atoms with E-state index >= 15 is 0 Å². The van der Waals surface area contributed by atoms with E-state index in [-0.39, 0.29) is 6.42 Å². The molecule has 1 aromatic rings. The lowest BCUT2D eigenvalue weighted by atomic mass is 10.1. The number of aliphatic carboxylic acids is 1. The molecule has 0 atom stereocenters. The minimum absolute atomic E-state index is 0.156. The fourth-order valence-electron chi connectivity index (χ4n) is 1.79. The fourth-order valence-corrected chi connectivity index (χ4v) is 1.79. The number of aryl methyl sites for hydroxylation is 1. The Kier molecular flexibility index (Phi) is 5.34. The van der Waals surface area contributed by atoms with Crippen molar-refractivity contribution in [3.8, 4) is 6.07 Å². The zero-order valence-corrected chi connectivity index (χ0v) is 10.8. The molecular weight excluding hydrogens is 228 g/mol. The van der Waals surface area contributed by atoms with Crippen molar-refractivity contribution < 1.29 is 9.90 Å². The third-order valence-electron chi connectivity index (χ3n) is 2.95. The lowest BCUT2D eigenvalue weighted by molar-refractivity contribution is -0.137. The molecule has 0 unspecified atom stereocenters. The normalized spacial score (nSPS) is 10.3. The number of carboxylic acids is 1. The number of hydrogen-bond donors (Lipinski definition) is 1. The van der Waals surface area contributed by atoms with Gasteiger partial charge in [-0.2, -0.15) is 5.26 Å². The third-order valence-corrected chi connectivity index (χ3v) is 2.95. The summed E-state index contributed by atoms with van der Waals surface area (Å²) in [7, 11) is 0. The van der Waals surface area contributed by atoms with Gasteiger partial charge in [0.15, 0.2) is 0 Å². The maximum atomic E-state index is 10.6. The Bertz CT molecular complexity index is 463. The van der Waals surface area contributed by atoms with E-state index in [2.05, 4.69) is 11.0 Å². The second-order valence-corrected chi connectivity index (χ2v) is 4.27. The summed E-state index contributed by atoms with van der Waals surface area (Å²) in [5.41, 5.74) is 2.87. The van der Waals surface area contributed by atoms with E-state index in [0.29, 0.717) is 12.1 Å². The van der Waals surface area contributed by atoms with Crippen molar-refractivity contribution in [2.75, 3.05) is 13.1 Å². The minimum Gasteiger partial charge on any atom is -0.481 e. The molecule has 0 aliphatic carbocycles. The maximum Gasteiger partial charge on any atom is 0.304 e. The van der Waals surface area contributed by atoms with Crippen molar-refractivity contribution in [3.63, 3.8) is 0 Å². The Morgan fingerprint density at radius 3 is 2.72 bits per heavy atom. The van der Waals surface area contributed by atoms with Gasteiger partial charge in [0.1, 0.15) is 0 Å². The molecule has 0 heterocycles. The van der Waals surface area contributed by atoms with Crippen molar-refractivity contribution in [2.24, 2.45) is 0 Å². The van der Waals surface area contributed by atoms with Crippen molar-refractivity contribution in [1.29, 1.82) is 5.26 Å². The maximum absolute atomic E-state index is 10.6.